The van der Waals surface area contributed by atoms with Crippen LogP contribution in [-0.4, -0.2) is 82.9 Å². The van der Waals surface area contributed by atoms with Gasteiger partial charge >= 0.3 is 17.9 Å². The second kappa shape index (κ2) is 18.1. The van der Waals surface area contributed by atoms with Gasteiger partial charge in [-0.2, -0.15) is 0 Å². The summed E-state index contributed by atoms with van der Waals surface area (Å²) in [6.45, 7) is 3.79. The molecule has 0 aromatic rings. The van der Waals surface area contributed by atoms with E-state index < -0.39 is 36.1 Å². The molecular formula is C14H26O11. The lowest BCUT2D eigenvalue weighted by Gasteiger charge is -2.15. The zero-order valence-corrected chi connectivity index (χ0v) is 14.6. The van der Waals surface area contributed by atoms with Crippen molar-refractivity contribution in [3.63, 3.8) is 0 Å². The van der Waals surface area contributed by atoms with Crippen molar-refractivity contribution >= 4 is 23.9 Å². The Morgan fingerprint density at radius 3 is 1.28 bits per heavy atom. The summed E-state index contributed by atoms with van der Waals surface area (Å²) in [5, 5.41) is 31.4. The zero-order chi connectivity index (χ0) is 20.4. The fourth-order valence-corrected chi connectivity index (χ4v) is 0.829. The Hall–Kier alpha value is -2.24. The number of aliphatic hydroxyl groups excluding tert-OH is 3. The second-order valence-electron chi connectivity index (χ2n) is 4.37. The van der Waals surface area contributed by atoms with E-state index in [4.69, 9.17) is 30.0 Å². The molecule has 0 rings (SSSR count). The van der Waals surface area contributed by atoms with Gasteiger partial charge in [0.15, 0.2) is 6.10 Å². The number of carbonyl (C=O) groups excluding carboxylic acids is 3. The summed E-state index contributed by atoms with van der Waals surface area (Å²) in [4.78, 5) is 40.6. The molecule has 0 aliphatic rings. The first kappa shape index (κ1) is 27.6. The van der Waals surface area contributed by atoms with Gasteiger partial charge in [-0.25, -0.2) is 0 Å². The molecule has 0 bridgehead atoms. The molecular weight excluding hydrogens is 344 g/mol. The Morgan fingerprint density at radius 1 is 0.800 bits per heavy atom. The van der Waals surface area contributed by atoms with Crippen LogP contribution in [-0.2, 0) is 33.4 Å². The third kappa shape index (κ3) is 34.2. The van der Waals surface area contributed by atoms with Crippen LogP contribution in [0.1, 0.15) is 27.7 Å². The van der Waals surface area contributed by atoms with Crippen molar-refractivity contribution in [2.75, 3.05) is 26.4 Å². The third-order valence-corrected chi connectivity index (χ3v) is 1.70. The van der Waals surface area contributed by atoms with E-state index in [1.807, 2.05) is 0 Å². The molecule has 0 atom stereocenters. The molecule has 0 unspecified atom stereocenters. The number of carbonyl (C=O) groups is 4. The monoisotopic (exact) mass is 370 g/mol. The number of carboxylic acid groups (broad SMARTS) is 1. The minimum atomic E-state index is -0.954. The smallest absolute Gasteiger partial charge is 0.303 e. The van der Waals surface area contributed by atoms with Crippen molar-refractivity contribution in [1.82, 2.24) is 0 Å². The number of ether oxygens (including phenoxy) is 3. The van der Waals surface area contributed by atoms with Gasteiger partial charge in [0.1, 0.15) is 19.3 Å². The quantitative estimate of drug-likeness (QED) is 0.302. The fourth-order valence-electron chi connectivity index (χ4n) is 0.829. The van der Waals surface area contributed by atoms with Gasteiger partial charge in [-0.05, 0) is 0 Å². The van der Waals surface area contributed by atoms with Crippen molar-refractivity contribution in [1.29, 1.82) is 0 Å². The lowest BCUT2D eigenvalue weighted by atomic mass is 10.4. The highest BCUT2D eigenvalue weighted by Crippen LogP contribution is 1.97. The number of hydrogen-bond acceptors (Lipinski definition) is 10. The van der Waals surface area contributed by atoms with Crippen LogP contribution in [0, 0.1) is 0 Å². The van der Waals surface area contributed by atoms with E-state index in [-0.39, 0.29) is 26.4 Å². The molecule has 0 aliphatic carbocycles. The number of rotatable bonds is 7. The predicted molar refractivity (Wildman–Crippen MR) is 82.3 cm³/mol. The summed E-state index contributed by atoms with van der Waals surface area (Å²) in [7, 11) is 0. The van der Waals surface area contributed by atoms with Crippen LogP contribution in [0.4, 0.5) is 0 Å². The van der Waals surface area contributed by atoms with Gasteiger partial charge in [0.05, 0.1) is 13.2 Å². The van der Waals surface area contributed by atoms with E-state index in [0.717, 1.165) is 6.92 Å². The van der Waals surface area contributed by atoms with E-state index in [2.05, 4.69) is 9.47 Å². The number of aliphatic carboxylic acids is 1. The minimum Gasteiger partial charge on any atom is -0.481 e. The summed E-state index contributed by atoms with van der Waals surface area (Å²) in [6, 6.07) is 0. The normalized spacial score (nSPS) is 9.16. The maximum absolute atomic E-state index is 10.6. The first-order chi connectivity index (χ1) is 11.5. The fraction of sp³-hybridized carbons (Fsp3) is 0.714. The summed E-state index contributed by atoms with van der Waals surface area (Å²) in [5.74, 6) is -2.34. The SMILES string of the molecule is CC(=O)O.CC(=O)OCC(COC(C)=O)OC(C)=O.OCC(O)CO. The Bertz CT molecular complexity index is 368. The van der Waals surface area contributed by atoms with E-state index in [9.17, 15) is 14.4 Å². The van der Waals surface area contributed by atoms with Crippen molar-refractivity contribution in [2.24, 2.45) is 0 Å². The van der Waals surface area contributed by atoms with Crippen LogP contribution in [0.2, 0.25) is 0 Å². The first-order valence-corrected chi connectivity index (χ1v) is 6.99. The van der Waals surface area contributed by atoms with Crippen LogP contribution in [0.15, 0.2) is 0 Å². The molecule has 0 fully saturated rings. The summed E-state index contributed by atoms with van der Waals surface area (Å²) in [6.07, 6.45) is -1.71. The minimum absolute atomic E-state index is 0.123. The zero-order valence-electron chi connectivity index (χ0n) is 14.6. The molecule has 148 valence electrons. The Kier molecular flexibility index (Phi) is 20.0. The largest absolute Gasteiger partial charge is 0.481 e. The van der Waals surface area contributed by atoms with Crippen LogP contribution in [0.25, 0.3) is 0 Å². The molecule has 0 radical (unpaired) electrons. The molecule has 0 aromatic heterocycles. The molecule has 0 aliphatic heterocycles. The van der Waals surface area contributed by atoms with E-state index >= 15 is 0 Å². The Labute approximate surface area is 145 Å². The molecule has 11 heteroatoms. The van der Waals surface area contributed by atoms with Gasteiger partial charge in [0, 0.05) is 27.7 Å². The maximum Gasteiger partial charge on any atom is 0.303 e. The molecule has 0 spiro atoms. The number of aliphatic hydroxyl groups is 3. The maximum atomic E-state index is 10.6. The van der Waals surface area contributed by atoms with Crippen LogP contribution < -0.4 is 0 Å². The molecule has 0 saturated heterocycles. The Balaban J connectivity index is -0.000000397. The Morgan fingerprint density at radius 2 is 1.12 bits per heavy atom. The molecule has 25 heavy (non-hydrogen) atoms. The standard InChI is InChI=1S/C9H14O6.C3H8O3.C2H4O2/c1-6(10)13-4-9(15-8(3)12)5-14-7(2)11;4-1-3(6)2-5;1-2(3)4/h9H,4-5H2,1-3H3;3-6H,1-2H2;1H3,(H,3,4). The molecule has 11 nitrogen and oxygen atoms in total. The van der Waals surface area contributed by atoms with Gasteiger partial charge in [0.2, 0.25) is 0 Å². The summed E-state index contributed by atoms with van der Waals surface area (Å²) >= 11 is 0. The van der Waals surface area contributed by atoms with Gasteiger partial charge in [-0.15, -0.1) is 0 Å². The molecule has 0 heterocycles. The lowest BCUT2D eigenvalue weighted by molar-refractivity contribution is -0.163. The van der Waals surface area contributed by atoms with Gasteiger partial charge in [-0.3, -0.25) is 19.2 Å². The van der Waals surface area contributed by atoms with Crippen LogP contribution >= 0.6 is 0 Å². The van der Waals surface area contributed by atoms with Gasteiger partial charge in [0.25, 0.3) is 5.97 Å². The van der Waals surface area contributed by atoms with Crippen molar-refractivity contribution in [3.05, 3.63) is 0 Å². The average Bonchev–Trinajstić information content (AvgIpc) is 2.48. The number of carboxylic acids is 1. The molecule has 0 saturated carbocycles. The summed E-state index contributed by atoms with van der Waals surface area (Å²) < 4.78 is 14.0. The second-order valence-corrected chi connectivity index (χ2v) is 4.37. The molecule has 0 aromatic carbocycles. The predicted octanol–water partition coefficient (Wildman–Crippen LogP) is -1.53. The first-order valence-electron chi connectivity index (χ1n) is 6.99. The van der Waals surface area contributed by atoms with Crippen LogP contribution in [0.3, 0.4) is 0 Å². The lowest BCUT2D eigenvalue weighted by Crippen LogP contribution is -2.29. The molecule has 4 N–H and O–H groups in total. The topological polar surface area (TPSA) is 177 Å². The number of esters is 3. The highest BCUT2D eigenvalue weighted by Gasteiger charge is 2.15. The van der Waals surface area contributed by atoms with E-state index in [0.29, 0.717) is 0 Å². The van der Waals surface area contributed by atoms with Crippen LogP contribution in [0.5, 0.6) is 0 Å². The third-order valence-electron chi connectivity index (χ3n) is 1.70. The number of hydrogen-bond donors (Lipinski definition) is 4. The van der Waals surface area contributed by atoms with Crippen molar-refractivity contribution < 1.29 is 53.8 Å². The van der Waals surface area contributed by atoms with Crippen molar-refractivity contribution in [2.45, 2.75) is 39.9 Å². The van der Waals surface area contributed by atoms with Crippen molar-refractivity contribution in [3.8, 4) is 0 Å². The molecule has 0 amide bonds. The summed E-state index contributed by atoms with van der Waals surface area (Å²) in [5.41, 5.74) is 0. The van der Waals surface area contributed by atoms with Gasteiger partial charge < -0.3 is 34.6 Å². The average molecular weight is 370 g/mol. The van der Waals surface area contributed by atoms with E-state index in [1.165, 1.54) is 20.8 Å². The highest BCUT2D eigenvalue weighted by molar-refractivity contribution is 5.67. The van der Waals surface area contributed by atoms with Gasteiger partial charge in [-0.1, -0.05) is 0 Å². The van der Waals surface area contributed by atoms with E-state index in [1.54, 1.807) is 0 Å². The highest BCUT2D eigenvalue weighted by atomic mass is 16.6.